The first kappa shape index (κ1) is 10.4. The van der Waals surface area contributed by atoms with E-state index in [-0.39, 0.29) is 5.84 Å². The van der Waals surface area contributed by atoms with Crippen LogP contribution in [0.25, 0.3) is 0 Å². The topological polar surface area (TPSA) is 75.0 Å². The number of rotatable bonds is 1. The maximum atomic E-state index is 11.1. The Morgan fingerprint density at radius 2 is 2.29 bits per heavy atom. The number of methoxy groups -OCH3 is 2. The van der Waals surface area contributed by atoms with Gasteiger partial charge in [0.25, 0.3) is 0 Å². The van der Waals surface area contributed by atoms with Gasteiger partial charge in [-0.25, -0.2) is 4.79 Å². The molecule has 1 atom stereocenters. The van der Waals surface area contributed by atoms with Crippen molar-refractivity contribution in [3.8, 4) is 0 Å². The number of esters is 1. The van der Waals surface area contributed by atoms with Crippen LogP contribution >= 0.6 is 0 Å². The summed E-state index contributed by atoms with van der Waals surface area (Å²) in [6, 6.07) is 0. The van der Waals surface area contributed by atoms with Crippen LogP contribution in [0.5, 0.6) is 0 Å². The molecule has 1 N–H and O–H groups in total. The molecule has 0 bridgehead atoms. The van der Waals surface area contributed by atoms with E-state index in [1.54, 1.807) is 0 Å². The molecule has 0 amide bonds. The highest BCUT2D eigenvalue weighted by molar-refractivity contribution is 6.34. The van der Waals surface area contributed by atoms with Gasteiger partial charge in [0.05, 0.1) is 13.3 Å². The Balaban J connectivity index is 2.76. The summed E-state index contributed by atoms with van der Waals surface area (Å²) < 4.78 is 9.42. The molecule has 0 aliphatic carbocycles. The predicted molar refractivity (Wildman–Crippen MR) is 50.0 cm³/mol. The smallest absolute Gasteiger partial charge is 0.373 e. The molecule has 14 heavy (non-hydrogen) atoms. The van der Waals surface area contributed by atoms with Gasteiger partial charge in [0.1, 0.15) is 0 Å². The molecule has 1 aliphatic heterocycles. The number of nitrogens with one attached hydrogen (secondary N) is 1. The second-order valence-electron chi connectivity index (χ2n) is 2.47. The van der Waals surface area contributed by atoms with Gasteiger partial charge in [0, 0.05) is 19.5 Å². The fourth-order valence-corrected chi connectivity index (χ4v) is 0.969. The van der Waals surface area contributed by atoms with Crippen molar-refractivity contribution >= 4 is 18.0 Å². The lowest BCUT2D eigenvalue weighted by molar-refractivity contribution is -0.133. The van der Waals surface area contributed by atoms with Crippen molar-refractivity contribution in [3.63, 3.8) is 0 Å². The largest absolute Gasteiger partial charge is 0.463 e. The van der Waals surface area contributed by atoms with E-state index in [0.29, 0.717) is 0 Å². The number of ether oxygens (including phenoxy) is 2. The SMILES string of the molecule is COC(=O)C(=N)N1C=CN=C[C@H]1OC. The third-order valence-electron chi connectivity index (χ3n) is 1.68. The molecule has 6 nitrogen and oxygen atoms in total. The number of carbonyl (C=O) groups is 1. The van der Waals surface area contributed by atoms with Crippen molar-refractivity contribution in [2.45, 2.75) is 6.23 Å². The van der Waals surface area contributed by atoms with Crippen LogP contribution in [0, 0.1) is 5.41 Å². The lowest BCUT2D eigenvalue weighted by Gasteiger charge is -2.26. The van der Waals surface area contributed by atoms with Crippen molar-refractivity contribution < 1.29 is 14.3 Å². The third kappa shape index (κ3) is 1.97. The molecular formula is C8H11N3O3. The lowest BCUT2D eigenvalue weighted by atomic mass is 10.4. The number of hydrogen-bond donors (Lipinski definition) is 1. The zero-order valence-electron chi connectivity index (χ0n) is 7.93. The Morgan fingerprint density at radius 1 is 1.57 bits per heavy atom. The van der Waals surface area contributed by atoms with Gasteiger partial charge in [-0.05, 0) is 0 Å². The second kappa shape index (κ2) is 4.52. The van der Waals surface area contributed by atoms with Crippen molar-refractivity contribution in [1.29, 1.82) is 5.41 Å². The van der Waals surface area contributed by atoms with Gasteiger partial charge in [-0.2, -0.15) is 0 Å². The molecule has 0 saturated carbocycles. The molecular weight excluding hydrogens is 186 g/mol. The fraction of sp³-hybridized carbons (Fsp3) is 0.375. The zero-order chi connectivity index (χ0) is 10.6. The molecule has 0 saturated heterocycles. The summed E-state index contributed by atoms with van der Waals surface area (Å²) in [5, 5.41) is 7.48. The molecule has 0 aromatic rings. The normalized spacial score (nSPS) is 19.6. The van der Waals surface area contributed by atoms with Crippen LogP contribution in [0.3, 0.4) is 0 Å². The van der Waals surface area contributed by atoms with Crippen LogP contribution in [0.2, 0.25) is 0 Å². The van der Waals surface area contributed by atoms with Gasteiger partial charge >= 0.3 is 5.97 Å². The minimum Gasteiger partial charge on any atom is -0.463 e. The molecule has 1 rings (SSSR count). The summed E-state index contributed by atoms with van der Waals surface area (Å²) in [5.41, 5.74) is 0. The van der Waals surface area contributed by atoms with Crippen LogP contribution in [-0.2, 0) is 14.3 Å². The number of aliphatic imine (C=N–C) groups is 1. The first-order chi connectivity index (χ1) is 6.70. The van der Waals surface area contributed by atoms with E-state index in [2.05, 4.69) is 9.73 Å². The Hall–Kier alpha value is -1.69. The van der Waals surface area contributed by atoms with Crippen molar-refractivity contribution in [2.24, 2.45) is 4.99 Å². The Bertz CT molecular complexity index is 298. The molecule has 76 valence electrons. The van der Waals surface area contributed by atoms with E-state index in [9.17, 15) is 4.79 Å². The van der Waals surface area contributed by atoms with Crippen LogP contribution in [0.4, 0.5) is 0 Å². The summed E-state index contributed by atoms with van der Waals surface area (Å²) in [7, 11) is 2.69. The van der Waals surface area contributed by atoms with Gasteiger partial charge in [0.2, 0.25) is 5.84 Å². The molecule has 0 radical (unpaired) electrons. The van der Waals surface area contributed by atoms with E-state index in [1.807, 2.05) is 0 Å². The van der Waals surface area contributed by atoms with Crippen molar-refractivity contribution in [2.75, 3.05) is 14.2 Å². The second-order valence-corrected chi connectivity index (χ2v) is 2.47. The van der Waals surface area contributed by atoms with Crippen LogP contribution in [-0.4, -0.2) is 43.4 Å². The first-order valence-corrected chi connectivity index (χ1v) is 3.88. The van der Waals surface area contributed by atoms with E-state index in [4.69, 9.17) is 10.1 Å². The number of nitrogens with zero attached hydrogens (tertiary/aromatic N) is 2. The molecule has 1 heterocycles. The molecule has 0 aromatic heterocycles. The zero-order valence-corrected chi connectivity index (χ0v) is 7.93. The third-order valence-corrected chi connectivity index (χ3v) is 1.68. The maximum absolute atomic E-state index is 11.1. The highest BCUT2D eigenvalue weighted by atomic mass is 16.5. The van der Waals surface area contributed by atoms with Crippen LogP contribution in [0.1, 0.15) is 0 Å². The van der Waals surface area contributed by atoms with Crippen molar-refractivity contribution in [1.82, 2.24) is 4.90 Å². The Kier molecular flexibility index (Phi) is 3.35. The highest BCUT2D eigenvalue weighted by Gasteiger charge is 2.24. The molecule has 0 unspecified atom stereocenters. The molecule has 1 aliphatic rings. The summed E-state index contributed by atoms with van der Waals surface area (Å²) in [6.07, 6.45) is 3.89. The van der Waals surface area contributed by atoms with Gasteiger partial charge in [-0.3, -0.25) is 15.3 Å². The minimum absolute atomic E-state index is 0.290. The molecule has 6 heteroatoms. The van der Waals surface area contributed by atoms with E-state index >= 15 is 0 Å². The Morgan fingerprint density at radius 3 is 2.86 bits per heavy atom. The Labute approximate surface area is 81.3 Å². The van der Waals surface area contributed by atoms with Gasteiger partial charge in [-0.1, -0.05) is 0 Å². The first-order valence-electron chi connectivity index (χ1n) is 3.88. The number of carbonyl (C=O) groups excluding carboxylic acids is 1. The van der Waals surface area contributed by atoms with Crippen molar-refractivity contribution in [3.05, 3.63) is 12.4 Å². The van der Waals surface area contributed by atoms with Gasteiger partial charge < -0.3 is 9.47 Å². The van der Waals surface area contributed by atoms with E-state index in [0.717, 1.165) is 0 Å². The average Bonchev–Trinajstić information content (AvgIpc) is 2.26. The molecule has 0 aromatic carbocycles. The quantitative estimate of drug-likeness (QED) is 0.364. The van der Waals surface area contributed by atoms with E-state index in [1.165, 1.54) is 37.7 Å². The summed E-state index contributed by atoms with van der Waals surface area (Å²) >= 11 is 0. The molecule has 0 spiro atoms. The van der Waals surface area contributed by atoms with Gasteiger partial charge in [0.15, 0.2) is 6.23 Å². The highest BCUT2D eigenvalue weighted by Crippen LogP contribution is 2.06. The molecule has 0 fully saturated rings. The summed E-state index contributed by atoms with van der Waals surface area (Å²) in [4.78, 5) is 16.2. The van der Waals surface area contributed by atoms with Crippen LogP contribution < -0.4 is 0 Å². The minimum atomic E-state index is -0.716. The number of hydrogen-bond acceptors (Lipinski definition) is 5. The monoisotopic (exact) mass is 197 g/mol. The fourth-order valence-electron chi connectivity index (χ4n) is 0.969. The van der Waals surface area contributed by atoms with Crippen LogP contribution in [0.15, 0.2) is 17.4 Å². The maximum Gasteiger partial charge on any atom is 0.373 e. The average molecular weight is 197 g/mol. The summed E-state index contributed by atoms with van der Waals surface area (Å²) in [6.45, 7) is 0. The summed E-state index contributed by atoms with van der Waals surface area (Å²) in [5.74, 6) is -1.01. The lowest BCUT2D eigenvalue weighted by Crippen LogP contribution is -2.43. The predicted octanol–water partition coefficient (Wildman–Crippen LogP) is -0.0332. The van der Waals surface area contributed by atoms with Gasteiger partial charge in [-0.15, -0.1) is 0 Å². The standard InChI is InChI=1S/C8H11N3O3/c1-13-6-5-10-3-4-11(6)7(9)8(12)14-2/h3-6,9H,1-2H3/t6-/m1/s1. The van der Waals surface area contributed by atoms with E-state index < -0.39 is 12.2 Å². The number of amidine groups is 1.